The van der Waals surface area contributed by atoms with Crippen molar-refractivity contribution in [3.05, 3.63) is 134 Å². The summed E-state index contributed by atoms with van der Waals surface area (Å²) in [4.78, 5) is 0. The summed E-state index contributed by atoms with van der Waals surface area (Å²) >= 11 is 0. The molecular formula is C43H48Cl2O2Zr-4. The number of fused-ring (bicyclic) bond motifs is 2. The van der Waals surface area contributed by atoms with Crippen molar-refractivity contribution in [1.29, 1.82) is 0 Å². The monoisotopic (exact) mass is 756 g/mol. The van der Waals surface area contributed by atoms with Crippen molar-refractivity contribution < 1.29 is 60.5 Å². The molecule has 6 aromatic carbocycles. The van der Waals surface area contributed by atoms with E-state index in [-0.39, 0.29) is 51.0 Å². The van der Waals surface area contributed by atoms with E-state index >= 15 is 0 Å². The van der Waals surface area contributed by atoms with Crippen LogP contribution in [-0.2, 0) is 39.0 Å². The van der Waals surface area contributed by atoms with Crippen LogP contribution in [0.15, 0.2) is 109 Å². The minimum atomic E-state index is 0. The minimum absolute atomic E-state index is 0. The summed E-state index contributed by atoms with van der Waals surface area (Å²) in [5.41, 5.74) is 7.93. The number of benzene rings is 4. The van der Waals surface area contributed by atoms with E-state index < -0.39 is 0 Å². The van der Waals surface area contributed by atoms with Gasteiger partial charge in [0.25, 0.3) is 0 Å². The van der Waals surface area contributed by atoms with Crippen molar-refractivity contribution in [3.8, 4) is 33.8 Å². The summed E-state index contributed by atoms with van der Waals surface area (Å²) in [5.74, 6) is 3.17. The third-order valence-electron chi connectivity index (χ3n) is 7.71. The van der Waals surface area contributed by atoms with Crippen LogP contribution in [0.3, 0.4) is 0 Å². The molecule has 0 aliphatic rings. The molecule has 2 nitrogen and oxygen atoms in total. The fourth-order valence-electron chi connectivity index (χ4n) is 5.82. The van der Waals surface area contributed by atoms with E-state index in [0.29, 0.717) is 11.8 Å². The fourth-order valence-corrected chi connectivity index (χ4v) is 5.82. The number of halogens is 2. The zero-order chi connectivity index (χ0) is 32.3. The van der Waals surface area contributed by atoms with Gasteiger partial charge in [0.15, 0.2) is 0 Å². The molecule has 0 atom stereocenters. The Morgan fingerprint density at radius 2 is 0.896 bits per heavy atom. The Morgan fingerprint density at radius 3 is 1.19 bits per heavy atom. The molecule has 0 unspecified atom stereocenters. The molecule has 6 rings (SSSR count). The van der Waals surface area contributed by atoms with Crippen LogP contribution in [-0.4, -0.2) is 14.2 Å². The molecule has 0 bridgehead atoms. The first kappa shape index (κ1) is 43.2. The van der Waals surface area contributed by atoms with Crippen molar-refractivity contribution in [1.82, 2.24) is 0 Å². The largest absolute Gasteiger partial charge is 2.00 e. The average molecular weight is 759 g/mol. The van der Waals surface area contributed by atoms with Crippen LogP contribution in [0.4, 0.5) is 0 Å². The van der Waals surface area contributed by atoms with Gasteiger partial charge in [0.05, 0.1) is 14.2 Å². The van der Waals surface area contributed by atoms with Crippen molar-refractivity contribution in [2.45, 2.75) is 47.0 Å². The number of methoxy groups -OCH3 is 2. The molecule has 0 fully saturated rings. The zero-order valence-electron chi connectivity index (χ0n) is 29.2. The van der Waals surface area contributed by atoms with Crippen LogP contribution < -0.4 is 34.3 Å². The van der Waals surface area contributed by atoms with Crippen LogP contribution in [0, 0.1) is 25.7 Å². The van der Waals surface area contributed by atoms with Gasteiger partial charge in [0.2, 0.25) is 0 Å². The Bertz CT molecular complexity index is 1630. The molecule has 0 saturated carbocycles. The molecule has 0 aliphatic carbocycles. The van der Waals surface area contributed by atoms with E-state index in [1.165, 1.54) is 54.9 Å². The van der Waals surface area contributed by atoms with Gasteiger partial charge in [-0.25, -0.2) is 0 Å². The normalized spacial score (nSPS) is 10.2. The third kappa shape index (κ3) is 11.6. The molecule has 0 radical (unpaired) electrons. The first-order valence-electron chi connectivity index (χ1n) is 16.0. The Labute approximate surface area is 320 Å². The molecule has 0 spiro atoms. The maximum atomic E-state index is 5.24. The summed E-state index contributed by atoms with van der Waals surface area (Å²) in [6, 6.07) is 39.0. The summed E-state index contributed by atoms with van der Waals surface area (Å²) < 4.78 is 10.5. The van der Waals surface area contributed by atoms with Crippen LogP contribution in [0.25, 0.3) is 43.8 Å². The summed E-state index contributed by atoms with van der Waals surface area (Å²) in [5, 5.41) is 5.36. The molecule has 48 heavy (non-hydrogen) atoms. The van der Waals surface area contributed by atoms with Gasteiger partial charge in [-0.3, -0.25) is 0 Å². The second-order valence-corrected chi connectivity index (χ2v) is 12.4. The third-order valence-corrected chi connectivity index (χ3v) is 7.71. The number of rotatable bonds is 8. The SMILES string of the molecule is COc1ccc(-c2cccc3[cH-]c(CC(C)C)cc23)cc1.COc1ccc(-c2cccc3[cH-]c(CC(C)C)cc23)cc1.[CH2-]C[CH2-].[Cl-].[Cl-].[Zr+2]. The molecule has 0 amide bonds. The van der Waals surface area contributed by atoms with Crippen LogP contribution >= 0.6 is 0 Å². The summed E-state index contributed by atoms with van der Waals surface area (Å²) in [7, 11) is 3.40. The van der Waals surface area contributed by atoms with Crippen LogP contribution in [0.2, 0.25) is 0 Å². The Hall–Kier alpha value is -2.84. The molecule has 0 N–H and O–H groups in total. The van der Waals surface area contributed by atoms with Crippen LogP contribution in [0.5, 0.6) is 11.5 Å². The minimum Gasteiger partial charge on any atom is -1.00 e. The van der Waals surface area contributed by atoms with Gasteiger partial charge in [0, 0.05) is 0 Å². The topological polar surface area (TPSA) is 18.5 Å². The quantitative estimate of drug-likeness (QED) is 0.180. The zero-order valence-corrected chi connectivity index (χ0v) is 33.1. The van der Waals surface area contributed by atoms with E-state index in [2.05, 4.69) is 126 Å². The summed E-state index contributed by atoms with van der Waals surface area (Å²) in [6.07, 6.45) is 3.02. The number of hydrogen-bond acceptors (Lipinski definition) is 2. The van der Waals surface area contributed by atoms with Crippen molar-refractivity contribution in [3.63, 3.8) is 0 Å². The molecule has 6 aromatic rings. The van der Waals surface area contributed by atoms with Gasteiger partial charge >= 0.3 is 26.2 Å². The summed E-state index contributed by atoms with van der Waals surface area (Å²) in [6.45, 7) is 15.8. The number of ether oxygens (including phenoxy) is 2. The second-order valence-electron chi connectivity index (χ2n) is 12.4. The van der Waals surface area contributed by atoms with Gasteiger partial charge in [-0.05, 0) is 60.1 Å². The Morgan fingerprint density at radius 1 is 0.562 bits per heavy atom. The average Bonchev–Trinajstić information content (AvgIpc) is 3.64. The maximum absolute atomic E-state index is 5.24. The Kier molecular flexibility index (Phi) is 19.2. The molecule has 0 aromatic heterocycles. The first-order chi connectivity index (χ1) is 21.8. The van der Waals surface area contributed by atoms with E-state index in [1.807, 2.05) is 24.3 Å². The molecule has 254 valence electrons. The molecular weight excluding hydrogens is 711 g/mol. The Balaban J connectivity index is 0.000000420. The maximum Gasteiger partial charge on any atom is 2.00 e. The van der Waals surface area contributed by atoms with Gasteiger partial charge < -0.3 is 54.6 Å². The van der Waals surface area contributed by atoms with E-state index in [1.54, 1.807) is 14.2 Å². The van der Waals surface area contributed by atoms with Gasteiger partial charge in [-0.1, -0.05) is 75.2 Å². The molecule has 5 heteroatoms. The molecule has 0 saturated heterocycles. The van der Waals surface area contributed by atoms with Crippen molar-refractivity contribution in [2.75, 3.05) is 14.2 Å². The van der Waals surface area contributed by atoms with E-state index in [4.69, 9.17) is 9.47 Å². The van der Waals surface area contributed by atoms with Crippen molar-refractivity contribution in [2.24, 2.45) is 11.8 Å². The fraction of sp³-hybridized carbons (Fsp3) is 0.256. The van der Waals surface area contributed by atoms with Crippen molar-refractivity contribution >= 4 is 21.5 Å². The standard InChI is InChI=1S/2C20H21O.C3H6.2ClH.Zr/c2*1-14(2)11-15-12-17-5-4-6-19(20(17)13-15)16-7-9-18(21-3)10-8-16;1-3-2;;;/h2*4-10,12-14H,11H2,1-3H3;1-3H2;2*1H;/q2*-1;-2;;;+2/p-2. The second kappa shape index (κ2) is 21.3. The number of hydrogen-bond donors (Lipinski definition) is 0. The van der Waals surface area contributed by atoms with Gasteiger partial charge in [0.1, 0.15) is 11.5 Å². The predicted molar refractivity (Wildman–Crippen MR) is 195 cm³/mol. The van der Waals surface area contributed by atoms with Gasteiger partial charge in [-0.2, -0.15) is 12.1 Å². The molecule has 0 heterocycles. The predicted octanol–water partition coefficient (Wildman–Crippen LogP) is 5.92. The van der Waals surface area contributed by atoms with Crippen LogP contribution in [0.1, 0.15) is 45.2 Å². The van der Waals surface area contributed by atoms with Gasteiger partial charge in [-0.15, -0.1) is 69.1 Å². The first-order valence-corrected chi connectivity index (χ1v) is 16.0. The van der Waals surface area contributed by atoms with E-state index in [0.717, 1.165) is 30.8 Å². The smallest absolute Gasteiger partial charge is 1.00 e. The van der Waals surface area contributed by atoms with E-state index in [9.17, 15) is 0 Å². The molecule has 0 aliphatic heterocycles.